The molecule has 1 fully saturated rings. The molecule has 0 spiro atoms. The Kier molecular flexibility index (Phi) is 4.56. The van der Waals surface area contributed by atoms with Gasteiger partial charge in [-0.2, -0.15) is 0 Å². The molecule has 0 amide bonds. The standard InChI is InChI=1S/C15H17NO6/c1-10(14(18)19)15(13(17)3-2-8-22-15)9-11-4-6-12(7-5-11)16(20)21/h4-7,10H,2-3,8-9H2,1H3,(H,18,19). The van der Waals surface area contributed by atoms with Crippen molar-refractivity contribution in [2.24, 2.45) is 5.92 Å². The number of nitro benzene ring substituents is 1. The van der Waals surface area contributed by atoms with Gasteiger partial charge in [-0.1, -0.05) is 12.1 Å². The Bertz CT molecular complexity index is 597. The molecule has 1 aliphatic heterocycles. The van der Waals surface area contributed by atoms with E-state index >= 15 is 0 Å². The van der Waals surface area contributed by atoms with Crippen LogP contribution in [0.3, 0.4) is 0 Å². The molecule has 1 N–H and O–H groups in total. The maximum atomic E-state index is 12.3. The van der Waals surface area contributed by atoms with Gasteiger partial charge in [0.25, 0.3) is 5.69 Å². The van der Waals surface area contributed by atoms with Crippen LogP contribution in [0.2, 0.25) is 0 Å². The van der Waals surface area contributed by atoms with E-state index in [1.165, 1.54) is 31.2 Å². The number of carbonyl (C=O) groups excluding carboxylic acids is 1. The zero-order valence-electron chi connectivity index (χ0n) is 12.2. The molecule has 2 atom stereocenters. The number of hydrogen-bond donors (Lipinski definition) is 1. The summed E-state index contributed by atoms with van der Waals surface area (Å²) in [5.74, 6) is -2.32. The molecule has 1 aliphatic rings. The van der Waals surface area contributed by atoms with Gasteiger partial charge in [-0.05, 0) is 18.9 Å². The lowest BCUT2D eigenvalue weighted by atomic mass is 9.77. The Labute approximate surface area is 127 Å². The maximum absolute atomic E-state index is 12.3. The fraction of sp³-hybridized carbons (Fsp3) is 0.467. The third-order valence-electron chi connectivity index (χ3n) is 4.06. The molecule has 0 radical (unpaired) electrons. The van der Waals surface area contributed by atoms with Crippen LogP contribution in [0.15, 0.2) is 24.3 Å². The predicted molar refractivity (Wildman–Crippen MR) is 76.5 cm³/mol. The first kappa shape index (κ1) is 16.1. The number of benzene rings is 1. The lowest BCUT2D eigenvalue weighted by Crippen LogP contribution is -2.54. The topological polar surface area (TPSA) is 107 Å². The van der Waals surface area contributed by atoms with Crippen LogP contribution in [-0.4, -0.2) is 34.0 Å². The van der Waals surface area contributed by atoms with Crippen LogP contribution in [0, 0.1) is 16.0 Å². The van der Waals surface area contributed by atoms with Crippen LogP contribution >= 0.6 is 0 Å². The quantitative estimate of drug-likeness (QED) is 0.658. The zero-order chi connectivity index (χ0) is 16.3. The second-order valence-electron chi connectivity index (χ2n) is 5.42. The van der Waals surface area contributed by atoms with E-state index in [1.807, 2.05) is 0 Å². The molecule has 0 aromatic heterocycles. The summed E-state index contributed by atoms with van der Waals surface area (Å²) in [4.78, 5) is 33.9. The summed E-state index contributed by atoms with van der Waals surface area (Å²) in [5.41, 5.74) is -0.825. The maximum Gasteiger partial charge on any atom is 0.309 e. The summed E-state index contributed by atoms with van der Waals surface area (Å²) in [7, 11) is 0. The number of hydrogen-bond acceptors (Lipinski definition) is 5. The second-order valence-corrected chi connectivity index (χ2v) is 5.42. The van der Waals surface area contributed by atoms with Gasteiger partial charge < -0.3 is 9.84 Å². The largest absolute Gasteiger partial charge is 0.481 e. The van der Waals surface area contributed by atoms with Crippen molar-refractivity contribution in [3.63, 3.8) is 0 Å². The number of aliphatic carboxylic acids is 1. The fourth-order valence-electron chi connectivity index (χ4n) is 2.69. The van der Waals surface area contributed by atoms with E-state index in [1.54, 1.807) is 0 Å². The summed E-state index contributed by atoms with van der Waals surface area (Å²) in [6.45, 7) is 1.79. The number of carboxylic acids is 1. The van der Waals surface area contributed by atoms with E-state index in [2.05, 4.69) is 0 Å². The van der Waals surface area contributed by atoms with Gasteiger partial charge >= 0.3 is 5.97 Å². The lowest BCUT2D eigenvalue weighted by molar-refractivity contribution is -0.384. The van der Waals surface area contributed by atoms with Gasteiger partial charge in [0, 0.05) is 31.6 Å². The van der Waals surface area contributed by atoms with E-state index < -0.39 is 22.4 Å². The van der Waals surface area contributed by atoms with Gasteiger partial charge in [-0.15, -0.1) is 0 Å². The minimum absolute atomic E-state index is 0.0556. The molecular formula is C15H17NO6. The van der Waals surface area contributed by atoms with Gasteiger partial charge in [0.1, 0.15) is 5.60 Å². The Morgan fingerprint density at radius 3 is 2.59 bits per heavy atom. The van der Waals surface area contributed by atoms with Gasteiger partial charge in [-0.3, -0.25) is 19.7 Å². The van der Waals surface area contributed by atoms with E-state index in [0.717, 1.165) is 0 Å². The number of carboxylic acid groups (broad SMARTS) is 1. The predicted octanol–water partition coefficient (Wildman–Crippen LogP) is 1.98. The van der Waals surface area contributed by atoms with Crippen LogP contribution in [-0.2, 0) is 20.7 Å². The summed E-state index contributed by atoms with van der Waals surface area (Å²) in [5, 5.41) is 20.0. The second kappa shape index (κ2) is 6.23. The molecule has 7 heteroatoms. The molecule has 0 aliphatic carbocycles. The Morgan fingerprint density at radius 2 is 2.09 bits per heavy atom. The molecule has 2 unspecified atom stereocenters. The first-order valence-electron chi connectivity index (χ1n) is 7.00. The molecule has 1 aromatic rings. The highest BCUT2D eigenvalue weighted by Gasteiger charge is 2.49. The van der Waals surface area contributed by atoms with Crippen molar-refractivity contribution in [1.29, 1.82) is 0 Å². The third-order valence-corrected chi connectivity index (χ3v) is 4.06. The van der Waals surface area contributed by atoms with Crippen LogP contribution in [0.4, 0.5) is 5.69 Å². The van der Waals surface area contributed by atoms with E-state index in [9.17, 15) is 24.8 Å². The normalized spacial score (nSPS) is 23.0. The monoisotopic (exact) mass is 307 g/mol. The average molecular weight is 307 g/mol. The van der Waals surface area contributed by atoms with E-state index in [0.29, 0.717) is 18.6 Å². The SMILES string of the molecule is CC(C(=O)O)C1(Cc2ccc([N+](=O)[O-])cc2)OCCCC1=O. The highest BCUT2D eigenvalue weighted by atomic mass is 16.6. The molecule has 1 saturated heterocycles. The van der Waals surface area contributed by atoms with E-state index in [4.69, 9.17) is 4.74 Å². The molecule has 2 rings (SSSR count). The number of Topliss-reactive ketones (excluding diaryl/α,β-unsaturated/α-hetero) is 1. The molecular weight excluding hydrogens is 290 g/mol. The zero-order valence-corrected chi connectivity index (χ0v) is 12.2. The number of rotatable bonds is 5. The van der Waals surface area contributed by atoms with Crippen molar-refractivity contribution in [1.82, 2.24) is 0 Å². The van der Waals surface area contributed by atoms with Crippen LogP contribution in [0.5, 0.6) is 0 Å². The number of carbonyl (C=O) groups is 2. The number of ketones is 1. The Morgan fingerprint density at radius 1 is 1.45 bits per heavy atom. The smallest absolute Gasteiger partial charge is 0.309 e. The Hall–Kier alpha value is -2.28. The summed E-state index contributed by atoms with van der Waals surface area (Å²) in [6.07, 6.45) is 0.953. The summed E-state index contributed by atoms with van der Waals surface area (Å²) < 4.78 is 5.62. The van der Waals surface area contributed by atoms with Gasteiger partial charge in [0.15, 0.2) is 5.78 Å². The average Bonchev–Trinajstić information content (AvgIpc) is 2.49. The van der Waals surface area contributed by atoms with Crippen LogP contribution < -0.4 is 0 Å². The van der Waals surface area contributed by atoms with Gasteiger partial charge in [0.2, 0.25) is 0 Å². The van der Waals surface area contributed by atoms with Crippen LogP contribution in [0.25, 0.3) is 0 Å². The molecule has 118 valence electrons. The fourth-order valence-corrected chi connectivity index (χ4v) is 2.69. The number of nitro groups is 1. The van der Waals surface area contributed by atoms with Crippen molar-refractivity contribution in [2.75, 3.05) is 6.61 Å². The minimum atomic E-state index is -1.40. The minimum Gasteiger partial charge on any atom is -0.481 e. The Balaban J connectivity index is 2.32. The summed E-state index contributed by atoms with van der Waals surface area (Å²) >= 11 is 0. The highest BCUT2D eigenvalue weighted by molar-refractivity contribution is 5.93. The van der Waals surface area contributed by atoms with Crippen molar-refractivity contribution in [3.05, 3.63) is 39.9 Å². The summed E-state index contributed by atoms with van der Waals surface area (Å²) in [6, 6.07) is 5.73. The molecule has 22 heavy (non-hydrogen) atoms. The molecule has 7 nitrogen and oxygen atoms in total. The molecule has 0 saturated carbocycles. The molecule has 0 bridgehead atoms. The highest BCUT2D eigenvalue weighted by Crippen LogP contribution is 2.33. The molecule has 1 aromatic carbocycles. The van der Waals surface area contributed by atoms with Crippen molar-refractivity contribution in [2.45, 2.75) is 31.8 Å². The van der Waals surface area contributed by atoms with Crippen molar-refractivity contribution < 1.29 is 24.4 Å². The number of non-ortho nitro benzene ring substituents is 1. The number of ether oxygens (including phenoxy) is 1. The first-order chi connectivity index (χ1) is 10.4. The van der Waals surface area contributed by atoms with E-state index in [-0.39, 0.29) is 24.3 Å². The van der Waals surface area contributed by atoms with Crippen molar-refractivity contribution >= 4 is 17.4 Å². The first-order valence-corrected chi connectivity index (χ1v) is 7.00. The van der Waals surface area contributed by atoms with Gasteiger partial charge in [0.05, 0.1) is 10.8 Å². The molecule has 1 heterocycles. The van der Waals surface area contributed by atoms with Crippen molar-refractivity contribution in [3.8, 4) is 0 Å². The lowest BCUT2D eigenvalue weighted by Gasteiger charge is -2.38. The van der Waals surface area contributed by atoms with Crippen LogP contribution in [0.1, 0.15) is 25.3 Å². The number of nitrogens with zero attached hydrogens (tertiary/aromatic N) is 1. The van der Waals surface area contributed by atoms with Gasteiger partial charge in [-0.25, -0.2) is 0 Å². The third kappa shape index (κ3) is 2.99.